The first-order chi connectivity index (χ1) is 8.61. The van der Waals surface area contributed by atoms with Gasteiger partial charge in [-0.05, 0) is 37.0 Å². The molecule has 1 aliphatic rings. The van der Waals surface area contributed by atoms with Gasteiger partial charge in [-0.25, -0.2) is 4.39 Å². The quantitative estimate of drug-likeness (QED) is 0.801. The first-order valence-electron chi connectivity index (χ1n) is 6.36. The summed E-state index contributed by atoms with van der Waals surface area (Å²) in [5.41, 5.74) is 0.0810. The van der Waals surface area contributed by atoms with Crippen molar-refractivity contribution in [3.8, 4) is 0 Å². The summed E-state index contributed by atoms with van der Waals surface area (Å²) in [5, 5.41) is 0.392. The maximum Gasteiger partial charge on any atom is 0.256 e. The van der Waals surface area contributed by atoms with Crippen LogP contribution in [-0.2, 0) is 0 Å². The van der Waals surface area contributed by atoms with Gasteiger partial charge >= 0.3 is 0 Å². The van der Waals surface area contributed by atoms with E-state index in [1.165, 1.54) is 18.2 Å². The SMILES string of the molecule is CCC1CCN(C(=O)c2cc(Cl)ccc2F)CC1. The Bertz CT molecular complexity index is 441. The van der Waals surface area contributed by atoms with Crippen LogP contribution in [0.3, 0.4) is 0 Å². The van der Waals surface area contributed by atoms with E-state index >= 15 is 0 Å². The maximum absolute atomic E-state index is 13.6. The Labute approximate surface area is 112 Å². The molecular formula is C14H17ClFNO. The molecule has 0 spiro atoms. The molecule has 0 aromatic heterocycles. The van der Waals surface area contributed by atoms with E-state index in [4.69, 9.17) is 11.6 Å². The number of likely N-dealkylation sites (tertiary alicyclic amines) is 1. The van der Waals surface area contributed by atoms with Crippen molar-refractivity contribution in [3.63, 3.8) is 0 Å². The number of amides is 1. The molecule has 1 fully saturated rings. The average molecular weight is 270 g/mol. The monoisotopic (exact) mass is 269 g/mol. The van der Waals surface area contributed by atoms with Gasteiger partial charge in [0.25, 0.3) is 5.91 Å². The molecule has 2 nitrogen and oxygen atoms in total. The van der Waals surface area contributed by atoms with Gasteiger partial charge in [0.2, 0.25) is 0 Å². The van der Waals surface area contributed by atoms with Crippen molar-refractivity contribution in [2.75, 3.05) is 13.1 Å². The summed E-state index contributed by atoms with van der Waals surface area (Å²) >= 11 is 5.81. The van der Waals surface area contributed by atoms with Gasteiger partial charge in [0.15, 0.2) is 0 Å². The lowest BCUT2D eigenvalue weighted by atomic mass is 9.94. The first-order valence-corrected chi connectivity index (χ1v) is 6.74. The van der Waals surface area contributed by atoms with E-state index in [0.29, 0.717) is 24.0 Å². The highest BCUT2D eigenvalue weighted by Crippen LogP contribution is 2.23. The second-order valence-electron chi connectivity index (χ2n) is 4.77. The Kier molecular flexibility index (Phi) is 4.23. The van der Waals surface area contributed by atoms with E-state index < -0.39 is 5.82 Å². The largest absolute Gasteiger partial charge is 0.339 e. The van der Waals surface area contributed by atoms with E-state index in [0.717, 1.165) is 19.3 Å². The van der Waals surface area contributed by atoms with Crippen molar-refractivity contribution in [3.05, 3.63) is 34.6 Å². The summed E-state index contributed by atoms with van der Waals surface area (Å²) in [5.74, 6) is -0.0511. The standard InChI is InChI=1S/C14H17ClFNO/c1-2-10-5-7-17(8-6-10)14(18)12-9-11(15)3-4-13(12)16/h3-4,9-10H,2,5-8H2,1H3. The molecule has 0 bridgehead atoms. The lowest BCUT2D eigenvalue weighted by molar-refractivity contribution is 0.0684. The molecule has 0 N–H and O–H groups in total. The van der Waals surface area contributed by atoms with Gasteiger partial charge in [-0.1, -0.05) is 24.9 Å². The maximum atomic E-state index is 13.6. The van der Waals surface area contributed by atoms with Gasteiger partial charge in [0.05, 0.1) is 5.56 Å². The highest BCUT2D eigenvalue weighted by Gasteiger charge is 2.24. The number of piperidine rings is 1. The van der Waals surface area contributed by atoms with E-state index in [-0.39, 0.29) is 11.5 Å². The molecule has 1 heterocycles. The number of hydrogen-bond acceptors (Lipinski definition) is 1. The molecule has 1 aliphatic heterocycles. The van der Waals surface area contributed by atoms with Gasteiger partial charge in [-0.15, -0.1) is 0 Å². The summed E-state index contributed by atoms with van der Waals surface area (Å²) in [4.78, 5) is 13.9. The molecule has 0 aliphatic carbocycles. The Hall–Kier alpha value is -1.09. The van der Waals surface area contributed by atoms with Crippen LogP contribution in [0, 0.1) is 11.7 Å². The Balaban J connectivity index is 2.10. The van der Waals surface area contributed by atoms with Gasteiger partial charge in [-0.3, -0.25) is 4.79 Å². The molecule has 4 heteroatoms. The van der Waals surface area contributed by atoms with Crippen molar-refractivity contribution in [1.82, 2.24) is 4.90 Å². The Morgan fingerprint density at radius 2 is 2.11 bits per heavy atom. The number of halogens is 2. The number of hydrogen-bond donors (Lipinski definition) is 0. The number of nitrogens with zero attached hydrogens (tertiary/aromatic N) is 1. The third-order valence-corrected chi connectivity index (χ3v) is 3.87. The number of rotatable bonds is 2. The highest BCUT2D eigenvalue weighted by molar-refractivity contribution is 6.31. The summed E-state index contributed by atoms with van der Waals surface area (Å²) in [6.07, 6.45) is 3.16. The molecule has 1 aromatic carbocycles. The van der Waals surface area contributed by atoms with E-state index in [2.05, 4.69) is 6.92 Å². The minimum atomic E-state index is -0.498. The fourth-order valence-corrected chi connectivity index (χ4v) is 2.55. The summed E-state index contributed by atoms with van der Waals surface area (Å²) in [6.45, 7) is 3.59. The highest BCUT2D eigenvalue weighted by atomic mass is 35.5. The normalized spacial score (nSPS) is 16.9. The molecule has 2 rings (SSSR count). The molecule has 0 radical (unpaired) electrons. The number of carbonyl (C=O) groups excluding carboxylic acids is 1. The topological polar surface area (TPSA) is 20.3 Å². The van der Waals surface area contributed by atoms with Crippen LogP contribution in [-0.4, -0.2) is 23.9 Å². The van der Waals surface area contributed by atoms with E-state index in [9.17, 15) is 9.18 Å². The minimum absolute atomic E-state index is 0.0810. The van der Waals surface area contributed by atoms with Crippen LogP contribution >= 0.6 is 11.6 Å². The van der Waals surface area contributed by atoms with Crippen molar-refractivity contribution in [2.24, 2.45) is 5.92 Å². The van der Waals surface area contributed by atoms with Crippen LogP contribution < -0.4 is 0 Å². The predicted octanol–water partition coefficient (Wildman–Crippen LogP) is 3.74. The van der Waals surface area contributed by atoms with Crippen LogP contribution in [0.5, 0.6) is 0 Å². The van der Waals surface area contributed by atoms with Crippen molar-refractivity contribution in [2.45, 2.75) is 26.2 Å². The van der Waals surface area contributed by atoms with Crippen molar-refractivity contribution < 1.29 is 9.18 Å². The van der Waals surface area contributed by atoms with Crippen LogP contribution in [0.25, 0.3) is 0 Å². The van der Waals surface area contributed by atoms with Crippen LogP contribution in [0.1, 0.15) is 36.5 Å². The number of benzene rings is 1. The van der Waals surface area contributed by atoms with Gasteiger partial charge in [0.1, 0.15) is 5.82 Å². The van der Waals surface area contributed by atoms with Crippen molar-refractivity contribution in [1.29, 1.82) is 0 Å². The smallest absolute Gasteiger partial charge is 0.256 e. The van der Waals surface area contributed by atoms with Crippen LogP contribution in [0.2, 0.25) is 5.02 Å². The zero-order valence-electron chi connectivity index (χ0n) is 10.5. The molecule has 0 unspecified atom stereocenters. The molecule has 1 aromatic rings. The molecule has 1 saturated heterocycles. The third-order valence-electron chi connectivity index (χ3n) is 3.64. The second kappa shape index (κ2) is 5.70. The summed E-state index contributed by atoms with van der Waals surface area (Å²) in [6, 6.07) is 4.11. The zero-order chi connectivity index (χ0) is 13.1. The van der Waals surface area contributed by atoms with Gasteiger partial charge in [-0.2, -0.15) is 0 Å². The molecule has 98 valence electrons. The summed E-state index contributed by atoms with van der Waals surface area (Å²) in [7, 11) is 0. The second-order valence-corrected chi connectivity index (χ2v) is 5.20. The van der Waals surface area contributed by atoms with E-state index in [1.54, 1.807) is 4.90 Å². The molecule has 0 saturated carbocycles. The Morgan fingerprint density at radius 1 is 1.44 bits per heavy atom. The van der Waals surface area contributed by atoms with Crippen molar-refractivity contribution >= 4 is 17.5 Å². The van der Waals surface area contributed by atoms with Gasteiger partial charge in [0, 0.05) is 18.1 Å². The van der Waals surface area contributed by atoms with E-state index in [1.807, 2.05) is 0 Å². The fraction of sp³-hybridized carbons (Fsp3) is 0.500. The lowest BCUT2D eigenvalue weighted by Gasteiger charge is -2.31. The fourth-order valence-electron chi connectivity index (χ4n) is 2.38. The molecule has 0 atom stereocenters. The molecule has 1 amide bonds. The lowest BCUT2D eigenvalue weighted by Crippen LogP contribution is -2.38. The summed E-state index contributed by atoms with van der Waals surface area (Å²) < 4.78 is 13.6. The van der Waals surface area contributed by atoms with Crippen LogP contribution in [0.15, 0.2) is 18.2 Å². The average Bonchev–Trinajstić information content (AvgIpc) is 2.41. The predicted molar refractivity (Wildman–Crippen MR) is 70.3 cm³/mol. The first kappa shape index (κ1) is 13.3. The molecular weight excluding hydrogens is 253 g/mol. The molecule has 18 heavy (non-hydrogen) atoms. The Morgan fingerprint density at radius 3 is 2.72 bits per heavy atom. The zero-order valence-corrected chi connectivity index (χ0v) is 11.2. The minimum Gasteiger partial charge on any atom is -0.339 e. The van der Waals surface area contributed by atoms with Crippen LogP contribution in [0.4, 0.5) is 4.39 Å². The number of carbonyl (C=O) groups is 1. The van der Waals surface area contributed by atoms with Gasteiger partial charge < -0.3 is 4.90 Å². The third kappa shape index (κ3) is 2.83.